The van der Waals surface area contributed by atoms with Crippen LogP contribution < -0.4 is 10.6 Å². The summed E-state index contributed by atoms with van der Waals surface area (Å²) in [6, 6.07) is 16.4. The quantitative estimate of drug-likeness (QED) is 0.568. The summed E-state index contributed by atoms with van der Waals surface area (Å²) in [5.41, 5.74) is 2.10. The van der Waals surface area contributed by atoms with Gasteiger partial charge in [0.15, 0.2) is 0 Å². The molecule has 1 fully saturated rings. The molecule has 1 aromatic heterocycles. The first-order chi connectivity index (χ1) is 15.9. The van der Waals surface area contributed by atoms with Gasteiger partial charge in [-0.3, -0.25) is 14.5 Å². The summed E-state index contributed by atoms with van der Waals surface area (Å²) in [6.45, 7) is -0.000720. The molecule has 33 heavy (non-hydrogen) atoms. The lowest BCUT2D eigenvalue weighted by atomic mass is 9.78. The summed E-state index contributed by atoms with van der Waals surface area (Å²) in [5, 5.41) is 10.4. The van der Waals surface area contributed by atoms with Crippen LogP contribution in [-0.2, 0) is 29.0 Å². The molecule has 1 unspecified atom stereocenters. The van der Waals surface area contributed by atoms with Gasteiger partial charge in [-0.25, -0.2) is 9.48 Å². The number of aryl methyl sites for hydroxylation is 1. The van der Waals surface area contributed by atoms with Crippen molar-refractivity contribution in [2.75, 3.05) is 11.9 Å². The number of fused-ring (bicyclic) bond motifs is 1. The first kappa shape index (κ1) is 21.2. The molecule has 0 bridgehead atoms. The number of anilines is 1. The summed E-state index contributed by atoms with van der Waals surface area (Å²) in [5.74, 6) is -0.386. The molecular formula is C24H22ClN5O3. The lowest BCUT2D eigenvalue weighted by Gasteiger charge is -2.32. The van der Waals surface area contributed by atoms with Crippen molar-refractivity contribution in [3.63, 3.8) is 0 Å². The molecule has 0 saturated carbocycles. The van der Waals surface area contributed by atoms with E-state index in [4.69, 9.17) is 11.6 Å². The second kappa shape index (κ2) is 8.37. The number of nitrogens with one attached hydrogen (secondary N) is 2. The van der Waals surface area contributed by atoms with Crippen LogP contribution in [0.3, 0.4) is 0 Å². The van der Waals surface area contributed by atoms with Gasteiger partial charge in [-0.05, 0) is 35.6 Å². The van der Waals surface area contributed by atoms with E-state index in [1.807, 2.05) is 42.5 Å². The molecule has 2 aromatic carbocycles. The third-order valence-corrected chi connectivity index (χ3v) is 6.61. The van der Waals surface area contributed by atoms with E-state index in [1.165, 1.54) is 5.56 Å². The van der Waals surface area contributed by atoms with E-state index in [-0.39, 0.29) is 12.5 Å². The van der Waals surface area contributed by atoms with E-state index >= 15 is 0 Å². The number of imide groups is 1. The third-order valence-electron chi connectivity index (χ3n) is 6.24. The number of aromatic nitrogens is 2. The first-order valence-corrected chi connectivity index (χ1v) is 11.1. The number of hydrogen-bond donors (Lipinski definition) is 2. The molecule has 1 saturated heterocycles. The Morgan fingerprint density at radius 2 is 1.85 bits per heavy atom. The molecule has 4 amide bonds. The molecule has 0 radical (unpaired) electrons. The average molecular weight is 464 g/mol. The molecule has 8 nitrogen and oxygen atoms in total. The van der Waals surface area contributed by atoms with Crippen LogP contribution in [0.1, 0.15) is 23.1 Å². The van der Waals surface area contributed by atoms with Crippen LogP contribution in [0.5, 0.6) is 0 Å². The number of hydrogen-bond acceptors (Lipinski definition) is 4. The van der Waals surface area contributed by atoms with Crippen LogP contribution in [0.4, 0.5) is 10.6 Å². The highest BCUT2D eigenvalue weighted by atomic mass is 35.5. The van der Waals surface area contributed by atoms with Gasteiger partial charge < -0.3 is 10.6 Å². The fourth-order valence-corrected chi connectivity index (χ4v) is 4.72. The van der Waals surface area contributed by atoms with Crippen molar-refractivity contribution in [2.45, 2.75) is 31.3 Å². The first-order valence-electron chi connectivity index (χ1n) is 10.7. The Morgan fingerprint density at radius 3 is 2.67 bits per heavy atom. The highest BCUT2D eigenvalue weighted by Gasteiger charge is 2.52. The fourth-order valence-electron chi connectivity index (χ4n) is 4.52. The summed E-state index contributed by atoms with van der Waals surface area (Å²) in [4.78, 5) is 39.6. The van der Waals surface area contributed by atoms with Gasteiger partial charge in [0.25, 0.3) is 5.91 Å². The molecule has 1 aliphatic carbocycles. The number of carbonyl (C=O) groups excluding carboxylic acids is 3. The van der Waals surface area contributed by atoms with E-state index < -0.39 is 17.5 Å². The Labute approximate surface area is 195 Å². The lowest BCUT2D eigenvalue weighted by molar-refractivity contribution is -0.134. The molecule has 3 aromatic rings. The van der Waals surface area contributed by atoms with E-state index in [0.29, 0.717) is 36.6 Å². The van der Waals surface area contributed by atoms with Crippen LogP contribution in [0.25, 0.3) is 0 Å². The van der Waals surface area contributed by atoms with Gasteiger partial charge in [-0.15, -0.1) is 0 Å². The van der Waals surface area contributed by atoms with Gasteiger partial charge in [-0.2, -0.15) is 5.10 Å². The van der Waals surface area contributed by atoms with Crippen molar-refractivity contribution >= 4 is 35.3 Å². The molecule has 2 N–H and O–H groups in total. The number of benzene rings is 2. The largest absolute Gasteiger partial charge is 0.325 e. The zero-order valence-electron chi connectivity index (χ0n) is 17.8. The predicted molar refractivity (Wildman–Crippen MR) is 123 cm³/mol. The topological polar surface area (TPSA) is 96.3 Å². The van der Waals surface area contributed by atoms with Crippen molar-refractivity contribution in [3.05, 3.63) is 82.5 Å². The van der Waals surface area contributed by atoms with Crippen molar-refractivity contribution in [2.24, 2.45) is 0 Å². The molecule has 2 aliphatic rings. The maximum absolute atomic E-state index is 13.2. The van der Waals surface area contributed by atoms with Crippen molar-refractivity contribution in [1.29, 1.82) is 0 Å². The smallest absolute Gasteiger partial charge is 0.323 e. The Balaban J connectivity index is 1.27. The van der Waals surface area contributed by atoms with Crippen molar-refractivity contribution < 1.29 is 14.4 Å². The summed E-state index contributed by atoms with van der Waals surface area (Å²) in [6.07, 6.45) is 3.20. The Kier molecular flexibility index (Phi) is 5.38. The van der Waals surface area contributed by atoms with Crippen LogP contribution in [0.15, 0.2) is 60.8 Å². The Bertz CT molecular complexity index is 1260. The predicted octanol–water partition coefficient (Wildman–Crippen LogP) is 3.00. The van der Waals surface area contributed by atoms with Gasteiger partial charge >= 0.3 is 6.03 Å². The number of urea groups is 1. The van der Waals surface area contributed by atoms with Gasteiger partial charge in [0.1, 0.15) is 17.9 Å². The van der Waals surface area contributed by atoms with E-state index in [9.17, 15) is 14.4 Å². The molecule has 1 atom stereocenters. The SMILES string of the molecule is O=C(CN1C(=O)NC2(CCc3ccccc3C2)C1=O)Nc1ccnn1Cc1ccccc1Cl. The number of amides is 4. The van der Waals surface area contributed by atoms with E-state index in [1.54, 1.807) is 23.0 Å². The average Bonchev–Trinajstić information content (AvgIpc) is 3.32. The molecule has 2 heterocycles. The lowest BCUT2D eigenvalue weighted by Crippen LogP contribution is -2.51. The van der Waals surface area contributed by atoms with Gasteiger partial charge in [0.2, 0.25) is 5.91 Å². The molecule has 1 aliphatic heterocycles. The zero-order valence-corrected chi connectivity index (χ0v) is 18.5. The van der Waals surface area contributed by atoms with Crippen LogP contribution >= 0.6 is 11.6 Å². The summed E-state index contributed by atoms with van der Waals surface area (Å²) >= 11 is 6.23. The molecule has 168 valence electrons. The fraction of sp³-hybridized carbons (Fsp3) is 0.250. The van der Waals surface area contributed by atoms with Gasteiger partial charge in [0.05, 0.1) is 12.7 Å². The molecule has 5 rings (SSSR count). The minimum absolute atomic E-state index is 0.360. The maximum atomic E-state index is 13.2. The highest BCUT2D eigenvalue weighted by Crippen LogP contribution is 2.33. The number of halogens is 1. The molecular weight excluding hydrogens is 442 g/mol. The standard InChI is InChI=1S/C24H22ClN5O3/c25-19-8-4-3-7-18(19)14-30-20(10-12-26-30)27-21(31)15-29-22(32)24(28-23(29)33)11-9-16-5-1-2-6-17(16)13-24/h1-8,10,12H,9,11,13-15H2,(H,27,31)(H,28,33). The van der Waals surface area contributed by atoms with E-state index in [2.05, 4.69) is 15.7 Å². The molecule has 9 heteroatoms. The summed E-state index contributed by atoms with van der Waals surface area (Å²) < 4.78 is 1.60. The second-order valence-electron chi connectivity index (χ2n) is 8.36. The van der Waals surface area contributed by atoms with Crippen LogP contribution in [0, 0.1) is 0 Å². The summed E-state index contributed by atoms with van der Waals surface area (Å²) in [7, 11) is 0. The number of rotatable bonds is 5. The maximum Gasteiger partial charge on any atom is 0.325 e. The third kappa shape index (κ3) is 3.98. The molecule has 1 spiro atoms. The van der Waals surface area contributed by atoms with Crippen molar-refractivity contribution in [1.82, 2.24) is 20.0 Å². The normalized spacial score (nSPS) is 19.5. The van der Waals surface area contributed by atoms with Gasteiger partial charge in [0, 0.05) is 17.5 Å². The number of nitrogens with zero attached hydrogens (tertiary/aromatic N) is 3. The van der Waals surface area contributed by atoms with Crippen LogP contribution in [-0.4, -0.2) is 44.6 Å². The van der Waals surface area contributed by atoms with Gasteiger partial charge in [-0.1, -0.05) is 54.1 Å². The van der Waals surface area contributed by atoms with Crippen LogP contribution in [0.2, 0.25) is 5.02 Å². The zero-order chi connectivity index (χ0) is 23.0. The monoisotopic (exact) mass is 463 g/mol. The van der Waals surface area contributed by atoms with Crippen molar-refractivity contribution in [3.8, 4) is 0 Å². The minimum atomic E-state index is -0.989. The van der Waals surface area contributed by atoms with E-state index in [0.717, 1.165) is 16.0 Å². The number of carbonyl (C=O) groups is 3. The second-order valence-corrected chi connectivity index (χ2v) is 8.77. The minimum Gasteiger partial charge on any atom is -0.323 e. The Morgan fingerprint density at radius 1 is 1.09 bits per heavy atom. The Hall–Kier alpha value is -3.65. The highest BCUT2D eigenvalue weighted by molar-refractivity contribution is 6.31.